The van der Waals surface area contributed by atoms with E-state index < -0.39 is 5.97 Å². The molecule has 0 aromatic carbocycles. The molecule has 1 radical (unpaired) electrons. The summed E-state index contributed by atoms with van der Waals surface area (Å²) in [5, 5.41) is 10.3. The van der Waals surface area contributed by atoms with Gasteiger partial charge in [-0.25, -0.2) is 9.90 Å². The molecule has 2 nitrogen and oxygen atoms in total. The first-order chi connectivity index (χ1) is 3.18. The lowest BCUT2D eigenvalue weighted by molar-refractivity contribution is -0.146. The minimum Gasteiger partial charge on any atom is -0.247 e. The maximum absolute atomic E-state index is 9.79. The molecule has 0 heterocycles. The minimum atomic E-state index is -1.00. The molecule has 0 aromatic heterocycles. The molecule has 0 saturated carbocycles. The Morgan fingerprint density at radius 1 is 1.86 bits per heavy atom. The molecule has 0 rings (SSSR count). The summed E-state index contributed by atoms with van der Waals surface area (Å²) in [6.45, 7) is 1.59. The second kappa shape index (κ2) is 3.02. The monoisotopic (exact) mass is 165 g/mol. The normalized spacial score (nSPS) is 13.4. The Hall–Kier alpha value is -0.0500. The third-order valence-corrected chi connectivity index (χ3v) is 1.61. The average Bonchev–Trinajstić information content (AvgIpc) is 1.65. The Bertz CT molecular complexity index is 72.1. The van der Waals surface area contributed by atoms with E-state index in [1.165, 1.54) is 0 Å². The molecule has 0 saturated heterocycles. The van der Waals surface area contributed by atoms with E-state index in [0.717, 1.165) is 0 Å². The fourth-order valence-electron chi connectivity index (χ4n) is 0.0630. The molecule has 0 aliphatic carbocycles. The maximum Gasteiger partial charge on any atom is 0.359 e. The molecule has 0 N–H and O–H groups in total. The Morgan fingerprint density at radius 2 is 2.29 bits per heavy atom. The second-order valence-electron chi connectivity index (χ2n) is 1.37. The van der Waals surface area contributed by atoms with Crippen LogP contribution in [0, 0.1) is 5.92 Å². The standard InChI is InChI=1S/C4H6BrO2/c1-3(2-5)4(6)7/h3H,2H2,1H3. The Balaban J connectivity index is 3.34. The summed E-state index contributed by atoms with van der Waals surface area (Å²) in [6.07, 6.45) is 0. The van der Waals surface area contributed by atoms with Gasteiger partial charge in [-0.15, -0.1) is 0 Å². The zero-order valence-corrected chi connectivity index (χ0v) is 5.56. The van der Waals surface area contributed by atoms with E-state index in [2.05, 4.69) is 15.9 Å². The molecule has 0 aliphatic rings. The summed E-state index contributed by atoms with van der Waals surface area (Å²) in [5.41, 5.74) is 0. The summed E-state index contributed by atoms with van der Waals surface area (Å²) in [7, 11) is 0. The predicted molar refractivity (Wildman–Crippen MR) is 28.7 cm³/mol. The first-order valence-corrected chi connectivity index (χ1v) is 3.07. The number of rotatable bonds is 2. The summed E-state index contributed by atoms with van der Waals surface area (Å²) < 4.78 is 0. The SMILES string of the molecule is CC(CBr)C([O])=O. The number of alkyl halides is 1. The molecular weight excluding hydrogens is 160 g/mol. The highest BCUT2D eigenvalue weighted by Crippen LogP contribution is 1.98. The molecule has 41 valence electrons. The third-order valence-electron chi connectivity index (χ3n) is 0.634. The van der Waals surface area contributed by atoms with Crippen molar-refractivity contribution in [3.63, 3.8) is 0 Å². The molecule has 7 heavy (non-hydrogen) atoms. The fraction of sp³-hybridized carbons (Fsp3) is 0.750. The highest BCUT2D eigenvalue weighted by molar-refractivity contribution is 9.09. The topological polar surface area (TPSA) is 37.0 Å². The van der Waals surface area contributed by atoms with E-state index in [9.17, 15) is 9.90 Å². The van der Waals surface area contributed by atoms with Crippen LogP contribution in [0.25, 0.3) is 0 Å². The van der Waals surface area contributed by atoms with Crippen LogP contribution >= 0.6 is 15.9 Å². The highest BCUT2D eigenvalue weighted by atomic mass is 79.9. The van der Waals surface area contributed by atoms with Gasteiger partial charge in [0.25, 0.3) is 0 Å². The largest absolute Gasteiger partial charge is 0.359 e. The molecule has 0 bridgehead atoms. The van der Waals surface area contributed by atoms with Crippen LogP contribution in [-0.4, -0.2) is 11.3 Å². The predicted octanol–water partition coefficient (Wildman–Crippen LogP) is 0.974. The van der Waals surface area contributed by atoms with E-state index in [1.54, 1.807) is 6.92 Å². The van der Waals surface area contributed by atoms with Crippen LogP contribution in [0.5, 0.6) is 0 Å². The van der Waals surface area contributed by atoms with Crippen LogP contribution in [0.3, 0.4) is 0 Å². The van der Waals surface area contributed by atoms with Gasteiger partial charge in [-0.2, -0.15) is 0 Å². The fourth-order valence-corrected chi connectivity index (χ4v) is 0.327. The smallest absolute Gasteiger partial charge is 0.247 e. The first kappa shape index (κ1) is 6.95. The van der Waals surface area contributed by atoms with Crippen molar-refractivity contribution in [1.29, 1.82) is 0 Å². The van der Waals surface area contributed by atoms with Crippen LogP contribution in [0.2, 0.25) is 0 Å². The molecule has 3 heteroatoms. The van der Waals surface area contributed by atoms with Crippen molar-refractivity contribution in [3.8, 4) is 0 Å². The molecule has 1 atom stereocenters. The van der Waals surface area contributed by atoms with E-state index >= 15 is 0 Å². The number of hydrogen-bond acceptors (Lipinski definition) is 1. The van der Waals surface area contributed by atoms with Crippen molar-refractivity contribution >= 4 is 21.9 Å². The van der Waals surface area contributed by atoms with Crippen LogP contribution in [0.15, 0.2) is 0 Å². The second-order valence-corrected chi connectivity index (χ2v) is 2.02. The average molecular weight is 166 g/mol. The zero-order chi connectivity index (χ0) is 5.86. The highest BCUT2D eigenvalue weighted by Gasteiger charge is 2.09. The minimum absolute atomic E-state index is 0.375. The quantitative estimate of drug-likeness (QED) is 0.563. The van der Waals surface area contributed by atoms with Crippen LogP contribution < -0.4 is 0 Å². The van der Waals surface area contributed by atoms with Gasteiger partial charge in [0, 0.05) is 5.33 Å². The number of carbonyl (C=O) groups is 1. The van der Waals surface area contributed by atoms with Gasteiger partial charge in [0.2, 0.25) is 0 Å². The van der Waals surface area contributed by atoms with Gasteiger partial charge < -0.3 is 0 Å². The Kier molecular flexibility index (Phi) is 3.00. The van der Waals surface area contributed by atoms with Gasteiger partial charge in [-0.05, 0) is 0 Å². The van der Waals surface area contributed by atoms with Crippen molar-refractivity contribution in [1.82, 2.24) is 0 Å². The molecule has 0 amide bonds. The number of carbonyl (C=O) groups excluding carboxylic acids is 1. The summed E-state index contributed by atoms with van der Waals surface area (Å²) in [5.74, 6) is -1.38. The van der Waals surface area contributed by atoms with Crippen LogP contribution in [0.4, 0.5) is 0 Å². The van der Waals surface area contributed by atoms with Gasteiger partial charge in [-0.3, -0.25) is 0 Å². The van der Waals surface area contributed by atoms with E-state index in [4.69, 9.17) is 0 Å². The summed E-state index contributed by atoms with van der Waals surface area (Å²) in [6, 6.07) is 0. The van der Waals surface area contributed by atoms with E-state index in [1.807, 2.05) is 0 Å². The molecule has 0 aliphatic heterocycles. The van der Waals surface area contributed by atoms with Crippen molar-refractivity contribution < 1.29 is 9.90 Å². The lowest BCUT2D eigenvalue weighted by Gasteiger charge is -1.92. The van der Waals surface area contributed by atoms with Crippen molar-refractivity contribution in [2.45, 2.75) is 6.92 Å². The molecule has 0 aromatic rings. The zero-order valence-electron chi connectivity index (χ0n) is 3.98. The van der Waals surface area contributed by atoms with Gasteiger partial charge >= 0.3 is 5.97 Å². The molecule has 1 unspecified atom stereocenters. The Morgan fingerprint density at radius 3 is 2.29 bits per heavy atom. The van der Waals surface area contributed by atoms with Gasteiger partial charge in [-0.1, -0.05) is 22.9 Å². The molecule has 0 spiro atoms. The lowest BCUT2D eigenvalue weighted by Crippen LogP contribution is -2.08. The lowest BCUT2D eigenvalue weighted by atomic mass is 10.2. The van der Waals surface area contributed by atoms with Gasteiger partial charge in [0.05, 0.1) is 5.92 Å². The maximum atomic E-state index is 9.79. The molecule has 0 fully saturated rings. The van der Waals surface area contributed by atoms with Gasteiger partial charge in [0.1, 0.15) is 0 Å². The number of halogens is 1. The van der Waals surface area contributed by atoms with Crippen LogP contribution in [-0.2, 0) is 9.90 Å². The Labute approximate surface area is 50.7 Å². The summed E-state index contributed by atoms with van der Waals surface area (Å²) >= 11 is 2.99. The number of hydrogen-bond donors (Lipinski definition) is 0. The van der Waals surface area contributed by atoms with Crippen LogP contribution in [0.1, 0.15) is 6.92 Å². The molecular formula is C4H6BrO2. The van der Waals surface area contributed by atoms with E-state index in [0.29, 0.717) is 5.33 Å². The van der Waals surface area contributed by atoms with Crippen molar-refractivity contribution in [2.24, 2.45) is 5.92 Å². The van der Waals surface area contributed by atoms with Gasteiger partial charge in [0.15, 0.2) is 0 Å². The van der Waals surface area contributed by atoms with Crippen molar-refractivity contribution in [3.05, 3.63) is 0 Å². The van der Waals surface area contributed by atoms with E-state index in [-0.39, 0.29) is 5.92 Å². The first-order valence-electron chi connectivity index (χ1n) is 1.95. The van der Waals surface area contributed by atoms with Crippen molar-refractivity contribution in [2.75, 3.05) is 5.33 Å². The third kappa shape index (κ3) is 2.62. The summed E-state index contributed by atoms with van der Waals surface area (Å²) in [4.78, 5) is 9.79.